The van der Waals surface area contributed by atoms with Gasteiger partial charge in [0.05, 0.1) is 18.1 Å². The molecule has 2 rings (SSSR count). The molecule has 0 unspecified atom stereocenters. The van der Waals surface area contributed by atoms with Crippen LogP contribution < -0.4 is 0 Å². The van der Waals surface area contributed by atoms with E-state index in [0.29, 0.717) is 5.69 Å². The van der Waals surface area contributed by atoms with Gasteiger partial charge in [0.1, 0.15) is 0 Å². The molecule has 0 bridgehead atoms. The number of nitrogens with zero attached hydrogens (tertiary/aromatic N) is 6. The molecule has 0 saturated carbocycles. The van der Waals surface area contributed by atoms with Crippen LogP contribution in [-0.4, -0.2) is 36.0 Å². The van der Waals surface area contributed by atoms with Crippen molar-refractivity contribution in [2.75, 3.05) is 0 Å². The third kappa shape index (κ3) is 1.69. The zero-order valence-electron chi connectivity index (χ0n) is 8.70. The second-order valence-corrected chi connectivity index (χ2v) is 3.82. The van der Waals surface area contributed by atoms with Gasteiger partial charge in [0.2, 0.25) is 0 Å². The van der Waals surface area contributed by atoms with E-state index in [9.17, 15) is 4.79 Å². The average Bonchev–Trinajstić information content (AvgIpc) is 2.84. The van der Waals surface area contributed by atoms with E-state index < -0.39 is 6.03 Å². The summed E-state index contributed by atoms with van der Waals surface area (Å²) < 4.78 is 2.19. The molecule has 0 amide bonds. The predicted octanol–water partition coefficient (Wildman–Crippen LogP) is 1.16. The number of carbonyl (C=O) groups is 1. The molecular weight excluding hydrogens is 232 g/mol. The number of halogens is 1. The second kappa shape index (κ2) is 4.01. The van der Waals surface area contributed by atoms with Gasteiger partial charge >= 0.3 is 6.03 Å². The van der Waals surface area contributed by atoms with Crippen LogP contribution in [0.1, 0.15) is 25.5 Å². The van der Waals surface area contributed by atoms with Crippen molar-refractivity contribution in [1.82, 2.24) is 30.0 Å². The summed E-state index contributed by atoms with van der Waals surface area (Å²) in [6.45, 7) is 3.80. The first kappa shape index (κ1) is 10.7. The van der Waals surface area contributed by atoms with Crippen molar-refractivity contribution in [3.8, 4) is 0 Å². The molecule has 0 spiro atoms. The maximum Gasteiger partial charge on any atom is 0.372 e. The molecule has 0 aliphatic carbocycles. The van der Waals surface area contributed by atoms with Crippen molar-refractivity contribution in [2.45, 2.75) is 19.8 Å². The Kier molecular flexibility index (Phi) is 2.69. The molecule has 0 N–H and O–H groups in total. The van der Waals surface area contributed by atoms with Gasteiger partial charge in [-0.15, -0.1) is 10.2 Å². The fourth-order valence-corrected chi connectivity index (χ4v) is 1.63. The molecule has 0 atom stereocenters. The highest BCUT2D eigenvalue weighted by molar-refractivity contribution is 6.30. The Balaban J connectivity index is 2.45. The molecule has 2 heterocycles. The Morgan fingerprint density at radius 2 is 2.19 bits per heavy atom. The summed E-state index contributed by atoms with van der Waals surface area (Å²) in [6, 6.07) is -0.458. The fraction of sp³-hybridized carbons (Fsp3) is 0.375. The first-order valence-electron chi connectivity index (χ1n) is 4.63. The number of aromatic nitrogens is 6. The van der Waals surface area contributed by atoms with E-state index in [1.807, 2.05) is 13.8 Å². The van der Waals surface area contributed by atoms with Crippen LogP contribution in [0, 0.1) is 0 Å². The van der Waals surface area contributed by atoms with Gasteiger partial charge in [0.15, 0.2) is 5.15 Å². The highest BCUT2D eigenvalue weighted by Gasteiger charge is 2.20. The molecule has 2 aromatic heterocycles. The van der Waals surface area contributed by atoms with E-state index in [0.717, 1.165) is 9.36 Å². The average molecular weight is 241 g/mol. The fourth-order valence-electron chi connectivity index (χ4n) is 1.30. The summed E-state index contributed by atoms with van der Waals surface area (Å²) in [5, 5.41) is 14.7. The summed E-state index contributed by atoms with van der Waals surface area (Å²) in [4.78, 5) is 11.9. The molecule has 2 aromatic rings. The molecule has 0 saturated heterocycles. The van der Waals surface area contributed by atoms with Crippen LogP contribution in [0.25, 0.3) is 0 Å². The zero-order chi connectivity index (χ0) is 11.7. The molecule has 0 radical (unpaired) electrons. The Morgan fingerprint density at radius 1 is 1.44 bits per heavy atom. The minimum Gasteiger partial charge on any atom is -0.243 e. The van der Waals surface area contributed by atoms with E-state index in [1.54, 1.807) is 0 Å². The molecule has 0 fully saturated rings. The van der Waals surface area contributed by atoms with Gasteiger partial charge in [-0.1, -0.05) is 35.9 Å². The third-order valence-electron chi connectivity index (χ3n) is 2.01. The Morgan fingerprint density at radius 3 is 2.75 bits per heavy atom. The summed E-state index contributed by atoms with van der Waals surface area (Å²) >= 11 is 5.85. The SMILES string of the molecule is CC(C)c1c(Cl)nnn1C(=O)n1ccnn1. The lowest BCUT2D eigenvalue weighted by atomic mass is 10.1. The summed E-state index contributed by atoms with van der Waals surface area (Å²) in [5.74, 6) is 0.0370. The normalized spacial score (nSPS) is 11.0. The monoisotopic (exact) mass is 240 g/mol. The van der Waals surface area contributed by atoms with Gasteiger partial charge in [-0.2, -0.15) is 9.36 Å². The molecule has 8 heteroatoms. The van der Waals surface area contributed by atoms with Crippen molar-refractivity contribution < 1.29 is 4.79 Å². The molecule has 0 aliphatic rings. The van der Waals surface area contributed by atoms with Gasteiger partial charge in [0, 0.05) is 0 Å². The number of hydrogen-bond donors (Lipinski definition) is 0. The van der Waals surface area contributed by atoms with Gasteiger partial charge in [-0.05, 0) is 5.92 Å². The minimum atomic E-state index is -0.458. The quantitative estimate of drug-likeness (QED) is 0.747. The van der Waals surface area contributed by atoms with Crippen LogP contribution in [0.15, 0.2) is 12.4 Å². The van der Waals surface area contributed by atoms with E-state index >= 15 is 0 Å². The third-order valence-corrected chi connectivity index (χ3v) is 2.28. The zero-order valence-corrected chi connectivity index (χ0v) is 9.46. The highest BCUT2D eigenvalue weighted by Crippen LogP contribution is 2.21. The smallest absolute Gasteiger partial charge is 0.243 e. The summed E-state index contributed by atoms with van der Waals surface area (Å²) in [7, 11) is 0. The standard InChI is InChI=1S/C8H9ClN6O/c1-5(2)6-7(9)11-13-15(6)8(16)14-4-3-10-12-14/h3-5H,1-2H3. The lowest BCUT2D eigenvalue weighted by molar-refractivity contribution is 0.236. The van der Waals surface area contributed by atoms with Crippen molar-refractivity contribution >= 4 is 17.6 Å². The van der Waals surface area contributed by atoms with Crippen molar-refractivity contribution in [2.24, 2.45) is 0 Å². The first-order valence-corrected chi connectivity index (χ1v) is 5.01. The van der Waals surface area contributed by atoms with Crippen LogP contribution in [0.4, 0.5) is 4.79 Å². The predicted molar refractivity (Wildman–Crippen MR) is 55.3 cm³/mol. The first-order chi connectivity index (χ1) is 7.61. The van der Waals surface area contributed by atoms with E-state index in [2.05, 4.69) is 20.6 Å². The van der Waals surface area contributed by atoms with E-state index in [4.69, 9.17) is 11.6 Å². The van der Waals surface area contributed by atoms with Gasteiger partial charge in [-0.25, -0.2) is 4.79 Å². The van der Waals surface area contributed by atoms with Crippen LogP contribution in [-0.2, 0) is 0 Å². The largest absolute Gasteiger partial charge is 0.372 e. The Bertz CT molecular complexity index is 503. The summed E-state index contributed by atoms with van der Waals surface area (Å²) in [6.07, 6.45) is 2.84. The number of hydrogen-bond acceptors (Lipinski definition) is 5. The lowest BCUT2D eigenvalue weighted by Gasteiger charge is -2.06. The van der Waals surface area contributed by atoms with Gasteiger partial charge in [0.25, 0.3) is 0 Å². The lowest BCUT2D eigenvalue weighted by Crippen LogP contribution is -2.23. The van der Waals surface area contributed by atoms with Gasteiger partial charge < -0.3 is 0 Å². The topological polar surface area (TPSA) is 78.5 Å². The van der Waals surface area contributed by atoms with Gasteiger partial charge in [-0.3, -0.25) is 0 Å². The van der Waals surface area contributed by atoms with Crippen LogP contribution in [0.3, 0.4) is 0 Å². The second-order valence-electron chi connectivity index (χ2n) is 3.46. The number of rotatable bonds is 1. The highest BCUT2D eigenvalue weighted by atomic mass is 35.5. The molecule has 84 valence electrons. The molecular formula is C8H9ClN6O. The number of carbonyl (C=O) groups excluding carboxylic acids is 1. The van der Waals surface area contributed by atoms with E-state index in [1.165, 1.54) is 12.4 Å². The van der Waals surface area contributed by atoms with Crippen molar-refractivity contribution in [3.63, 3.8) is 0 Å². The Labute approximate surface area is 96.0 Å². The van der Waals surface area contributed by atoms with Crippen LogP contribution >= 0.6 is 11.6 Å². The van der Waals surface area contributed by atoms with Crippen LogP contribution in [0.5, 0.6) is 0 Å². The molecule has 16 heavy (non-hydrogen) atoms. The van der Waals surface area contributed by atoms with Crippen LogP contribution in [0.2, 0.25) is 5.15 Å². The maximum atomic E-state index is 11.9. The summed E-state index contributed by atoms with van der Waals surface area (Å²) in [5.41, 5.74) is 0.558. The van der Waals surface area contributed by atoms with E-state index in [-0.39, 0.29) is 11.1 Å². The minimum absolute atomic E-state index is 0.0370. The molecule has 0 aromatic carbocycles. The van der Waals surface area contributed by atoms with Crippen molar-refractivity contribution in [3.05, 3.63) is 23.2 Å². The Hall–Kier alpha value is -1.76. The molecule has 7 nitrogen and oxygen atoms in total. The van der Waals surface area contributed by atoms with Crippen molar-refractivity contribution in [1.29, 1.82) is 0 Å². The molecule has 0 aliphatic heterocycles. The maximum absolute atomic E-state index is 11.9.